The van der Waals surface area contributed by atoms with Crippen molar-refractivity contribution in [3.63, 3.8) is 0 Å². The number of hydrogen-bond donors (Lipinski definition) is 4. The second-order valence-electron chi connectivity index (χ2n) is 6.51. The molecule has 1 heterocycles. The topological polar surface area (TPSA) is 114 Å². The highest BCUT2D eigenvalue weighted by Crippen LogP contribution is 2.41. The Bertz CT molecular complexity index is 1060. The zero-order valence-electron chi connectivity index (χ0n) is 17.2. The number of hydrazine groups is 1. The number of amides is 2. The summed E-state index contributed by atoms with van der Waals surface area (Å²) in [5.74, 6) is 0.518. The van der Waals surface area contributed by atoms with Crippen LogP contribution in [0.15, 0.2) is 36.4 Å². The molecule has 4 N–H and O–H groups in total. The highest BCUT2D eigenvalue weighted by molar-refractivity contribution is 6.02. The molecule has 0 aliphatic heterocycles. The number of ether oxygens (including phenoxy) is 3. The molecule has 30 heavy (non-hydrogen) atoms. The van der Waals surface area contributed by atoms with Crippen LogP contribution in [0.3, 0.4) is 0 Å². The first-order chi connectivity index (χ1) is 14.5. The van der Waals surface area contributed by atoms with Crippen molar-refractivity contribution in [2.45, 2.75) is 6.92 Å². The first-order valence-electron chi connectivity index (χ1n) is 9.18. The molecular formula is C21H24N4O5. The van der Waals surface area contributed by atoms with Gasteiger partial charge in [-0.3, -0.25) is 20.4 Å². The van der Waals surface area contributed by atoms with Gasteiger partial charge in [0.15, 0.2) is 11.5 Å². The molecule has 0 aliphatic carbocycles. The highest BCUT2D eigenvalue weighted by Gasteiger charge is 2.19. The maximum absolute atomic E-state index is 12.5. The Balaban J connectivity index is 1.67. The van der Waals surface area contributed by atoms with Crippen molar-refractivity contribution in [2.75, 3.05) is 33.2 Å². The first kappa shape index (κ1) is 20.8. The predicted molar refractivity (Wildman–Crippen MR) is 113 cm³/mol. The van der Waals surface area contributed by atoms with Gasteiger partial charge in [-0.2, -0.15) is 0 Å². The standard InChI is InChI=1S/C21H24N4O5/c1-12-5-7-13(8-6-12)22-11-18(26)24-25-21(27)15-9-14-16(28-2)10-17(29-3)20(30-4)19(14)23-15/h5-10,22-23H,11H2,1-4H3,(H,24,26)(H,25,27). The van der Waals surface area contributed by atoms with Gasteiger partial charge >= 0.3 is 0 Å². The van der Waals surface area contributed by atoms with E-state index in [1.165, 1.54) is 21.3 Å². The molecule has 0 aliphatic rings. The molecule has 158 valence electrons. The molecule has 2 amide bonds. The lowest BCUT2D eigenvalue weighted by molar-refractivity contribution is -0.120. The van der Waals surface area contributed by atoms with Crippen molar-refractivity contribution in [3.05, 3.63) is 47.7 Å². The molecule has 1 aromatic heterocycles. The average molecular weight is 412 g/mol. The van der Waals surface area contributed by atoms with E-state index in [9.17, 15) is 9.59 Å². The van der Waals surface area contributed by atoms with Gasteiger partial charge in [0.2, 0.25) is 0 Å². The summed E-state index contributed by atoms with van der Waals surface area (Å²) < 4.78 is 16.1. The van der Waals surface area contributed by atoms with Crippen molar-refractivity contribution < 1.29 is 23.8 Å². The number of fused-ring (bicyclic) bond motifs is 1. The number of aryl methyl sites for hydroxylation is 1. The predicted octanol–water partition coefficient (Wildman–Crippen LogP) is 2.38. The van der Waals surface area contributed by atoms with Crippen LogP contribution < -0.4 is 30.4 Å². The molecule has 3 rings (SSSR count). The summed E-state index contributed by atoms with van der Waals surface area (Å²) >= 11 is 0. The van der Waals surface area contributed by atoms with E-state index in [0.29, 0.717) is 28.2 Å². The molecule has 0 bridgehead atoms. The molecule has 9 heteroatoms. The minimum Gasteiger partial charge on any atom is -0.496 e. The van der Waals surface area contributed by atoms with Crippen molar-refractivity contribution in [1.29, 1.82) is 0 Å². The van der Waals surface area contributed by atoms with Gasteiger partial charge in [-0.25, -0.2) is 0 Å². The highest BCUT2D eigenvalue weighted by atomic mass is 16.5. The number of rotatable bonds is 7. The summed E-state index contributed by atoms with van der Waals surface area (Å²) in [5.41, 5.74) is 7.47. The van der Waals surface area contributed by atoms with E-state index in [-0.39, 0.29) is 12.2 Å². The Morgan fingerprint density at radius 3 is 2.27 bits per heavy atom. The van der Waals surface area contributed by atoms with Crippen LogP contribution >= 0.6 is 0 Å². The monoisotopic (exact) mass is 412 g/mol. The fourth-order valence-electron chi connectivity index (χ4n) is 2.95. The maximum Gasteiger partial charge on any atom is 0.286 e. The third kappa shape index (κ3) is 4.40. The Morgan fingerprint density at radius 2 is 1.63 bits per heavy atom. The number of aromatic amines is 1. The van der Waals surface area contributed by atoms with E-state index in [0.717, 1.165) is 11.3 Å². The van der Waals surface area contributed by atoms with Gasteiger partial charge < -0.3 is 24.5 Å². The zero-order chi connectivity index (χ0) is 21.7. The normalized spacial score (nSPS) is 10.4. The lowest BCUT2D eigenvalue weighted by atomic mass is 10.2. The van der Waals surface area contributed by atoms with Crippen LogP contribution in [-0.4, -0.2) is 44.7 Å². The average Bonchev–Trinajstić information content (AvgIpc) is 3.21. The SMILES string of the molecule is COc1cc(OC)c2cc(C(=O)NNC(=O)CNc3ccc(C)cc3)[nH]c2c1OC. The smallest absolute Gasteiger partial charge is 0.286 e. The van der Waals surface area contributed by atoms with Gasteiger partial charge in [-0.1, -0.05) is 17.7 Å². The van der Waals surface area contributed by atoms with Crippen LogP contribution in [0.1, 0.15) is 16.1 Å². The van der Waals surface area contributed by atoms with Crippen LogP contribution in [0, 0.1) is 6.92 Å². The molecule has 0 radical (unpaired) electrons. The van der Waals surface area contributed by atoms with E-state index in [2.05, 4.69) is 21.2 Å². The molecule has 9 nitrogen and oxygen atoms in total. The summed E-state index contributed by atoms with van der Waals surface area (Å²) in [6.45, 7) is 1.99. The Morgan fingerprint density at radius 1 is 0.933 bits per heavy atom. The number of carbonyl (C=O) groups excluding carboxylic acids is 2. The van der Waals surface area contributed by atoms with Crippen LogP contribution in [0.4, 0.5) is 5.69 Å². The fraction of sp³-hybridized carbons (Fsp3) is 0.238. The second-order valence-corrected chi connectivity index (χ2v) is 6.51. The Kier molecular flexibility index (Phi) is 6.31. The number of aromatic nitrogens is 1. The molecule has 0 spiro atoms. The molecular weight excluding hydrogens is 388 g/mol. The summed E-state index contributed by atoms with van der Waals surface area (Å²) in [4.78, 5) is 27.5. The maximum atomic E-state index is 12.5. The van der Waals surface area contributed by atoms with E-state index in [1.54, 1.807) is 12.1 Å². The van der Waals surface area contributed by atoms with Crippen LogP contribution in [0.2, 0.25) is 0 Å². The molecule has 0 saturated heterocycles. The van der Waals surface area contributed by atoms with Gasteiger partial charge in [-0.15, -0.1) is 0 Å². The van der Waals surface area contributed by atoms with Crippen molar-refractivity contribution >= 4 is 28.4 Å². The number of methoxy groups -OCH3 is 3. The van der Waals surface area contributed by atoms with E-state index in [1.807, 2.05) is 31.2 Å². The number of carbonyl (C=O) groups is 2. The largest absolute Gasteiger partial charge is 0.496 e. The van der Waals surface area contributed by atoms with Gasteiger partial charge in [0.1, 0.15) is 11.4 Å². The molecule has 0 atom stereocenters. The summed E-state index contributed by atoms with van der Waals surface area (Å²) in [6.07, 6.45) is 0. The molecule has 2 aromatic carbocycles. The van der Waals surface area contributed by atoms with Crippen molar-refractivity contribution in [2.24, 2.45) is 0 Å². The number of benzene rings is 2. The molecule has 0 saturated carbocycles. The summed E-state index contributed by atoms with van der Waals surface area (Å²) in [6, 6.07) is 10.9. The Labute approximate surface area is 173 Å². The third-order valence-corrected chi connectivity index (χ3v) is 4.50. The van der Waals surface area contributed by atoms with Crippen LogP contribution in [0.25, 0.3) is 10.9 Å². The van der Waals surface area contributed by atoms with E-state index in [4.69, 9.17) is 14.2 Å². The van der Waals surface area contributed by atoms with Crippen molar-refractivity contribution in [1.82, 2.24) is 15.8 Å². The number of anilines is 1. The van der Waals surface area contributed by atoms with Crippen molar-refractivity contribution in [3.8, 4) is 17.2 Å². The Hall–Kier alpha value is -3.88. The van der Waals surface area contributed by atoms with Gasteiger partial charge in [0.05, 0.1) is 33.4 Å². The van der Waals surface area contributed by atoms with Crippen LogP contribution in [0.5, 0.6) is 17.2 Å². The zero-order valence-corrected chi connectivity index (χ0v) is 17.2. The quantitative estimate of drug-likeness (QED) is 0.443. The summed E-state index contributed by atoms with van der Waals surface area (Å²) in [5, 5.41) is 3.63. The number of hydrogen-bond acceptors (Lipinski definition) is 6. The molecule has 0 unspecified atom stereocenters. The lowest BCUT2D eigenvalue weighted by Gasteiger charge is -2.11. The second kappa shape index (κ2) is 9.08. The minimum atomic E-state index is -0.516. The number of nitrogens with one attached hydrogen (secondary N) is 4. The van der Waals surface area contributed by atoms with Gasteiger partial charge in [0.25, 0.3) is 11.8 Å². The minimum absolute atomic E-state index is 0.00882. The molecule has 0 fully saturated rings. The van der Waals surface area contributed by atoms with E-state index < -0.39 is 11.8 Å². The number of H-pyrrole nitrogens is 1. The first-order valence-corrected chi connectivity index (χ1v) is 9.18. The van der Waals surface area contributed by atoms with Crippen LogP contribution in [-0.2, 0) is 4.79 Å². The lowest BCUT2D eigenvalue weighted by Crippen LogP contribution is -2.44. The fourth-order valence-corrected chi connectivity index (χ4v) is 2.95. The molecule has 3 aromatic rings. The van der Waals surface area contributed by atoms with Gasteiger partial charge in [-0.05, 0) is 25.1 Å². The third-order valence-electron chi connectivity index (χ3n) is 4.50. The van der Waals surface area contributed by atoms with E-state index >= 15 is 0 Å². The summed E-state index contributed by atoms with van der Waals surface area (Å²) in [7, 11) is 4.54. The van der Waals surface area contributed by atoms with Gasteiger partial charge in [0, 0.05) is 17.1 Å².